The first-order valence-electron chi connectivity index (χ1n) is 8.86. The average Bonchev–Trinajstić information content (AvgIpc) is 3.17. The van der Waals surface area contributed by atoms with Crippen LogP contribution in [0.2, 0.25) is 0 Å². The van der Waals surface area contributed by atoms with Gasteiger partial charge in [-0.1, -0.05) is 25.0 Å². The van der Waals surface area contributed by atoms with Gasteiger partial charge in [0, 0.05) is 25.0 Å². The van der Waals surface area contributed by atoms with Gasteiger partial charge < -0.3 is 9.80 Å². The van der Waals surface area contributed by atoms with E-state index in [1.54, 1.807) is 18.2 Å². The number of rotatable bonds is 4. The molecule has 130 valence electrons. The molecular formula is C19H25FN2O2. The first-order valence-corrected chi connectivity index (χ1v) is 8.86. The SMILES string of the molecule is CC(C)N(C(=O)C1CC(=O)N(c2ccccc2F)C1)C1CCCC1. The summed E-state index contributed by atoms with van der Waals surface area (Å²) in [6, 6.07) is 6.66. The highest BCUT2D eigenvalue weighted by Gasteiger charge is 2.40. The summed E-state index contributed by atoms with van der Waals surface area (Å²) in [5, 5.41) is 0. The number of halogens is 1. The third-order valence-corrected chi connectivity index (χ3v) is 5.15. The van der Waals surface area contributed by atoms with E-state index in [9.17, 15) is 14.0 Å². The number of anilines is 1. The van der Waals surface area contributed by atoms with Gasteiger partial charge in [-0.25, -0.2) is 4.39 Å². The van der Waals surface area contributed by atoms with Crippen LogP contribution in [0.4, 0.5) is 10.1 Å². The molecule has 24 heavy (non-hydrogen) atoms. The Kier molecular flexibility index (Phi) is 4.88. The number of para-hydroxylation sites is 1. The van der Waals surface area contributed by atoms with E-state index in [2.05, 4.69) is 0 Å². The fourth-order valence-electron chi connectivity index (χ4n) is 4.03. The Morgan fingerprint density at radius 3 is 2.54 bits per heavy atom. The normalized spacial score (nSPS) is 21.8. The lowest BCUT2D eigenvalue weighted by Gasteiger charge is -2.34. The Hall–Kier alpha value is -1.91. The molecule has 0 radical (unpaired) electrons. The average molecular weight is 332 g/mol. The lowest BCUT2D eigenvalue weighted by Crippen LogP contribution is -2.47. The predicted octanol–water partition coefficient (Wildman–Crippen LogP) is 3.36. The van der Waals surface area contributed by atoms with E-state index in [0.717, 1.165) is 25.7 Å². The predicted molar refractivity (Wildman–Crippen MR) is 91.1 cm³/mol. The van der Waals surface area contributed by atoms with E-state index < -0.39 is 5.82 Å². The number of hydrogen-bond acceptors (Lipinski definition) is 2. The second-order valence-electron chi connectivity index (χ2n) is 7.13. The maximum absolute atomic E-state index is 14.0. The van der Waals surface area contributed by atoms with Crippen LogP contribution in [0, 0.1) is 11.7 Å². The second kappa shape index (κ2) is 6.91. The first-order chi connectivity index (χ1) is 11.5. The van der Waals surface area contributed by atoms with Crippen LogP contribution in [0.3, 0.4) is 0 Å². The minimum Gasteiger partial charge on any atom is -0.337 e. The van der Waals surface area contributed by atoms with Gasteiger partial charge in [0.15, 0.2) is 0 Å². The molecular weight excluding hydrogens is 307 g/mol. The van der Waals surface area contributed by atoms with Gasteiger partial charge in [0.05, 0.1) is 11.6 Å². The van der Waals surface area contributed by atoms with Crippen molar-refractivity contribution in [2.24, 2.45) is 5.92 Å². The van der Waals surface area contributed by atoms with Crippen LogP contribution in [0.15, 0.2) is 24.3 Å². The summed E-state index contributed by atoms with van der Waals surface area (Å²) in [6.07, 6.45) is 4.57. The molecule has 5 heteroatoms. The highest BCUT2D eigenvalue weighted by molar-refractivity contribution is 6.00. The van der Waals surface area contributed by atoms with E-state index in [-0.39, 0.29) is 48.5 Å². The van der Waals surface area contributed by atoms with Crippen molar-refractivity contribution in [1.82, 2.24) is 4.90 Å². The summed E-state index contributed by atoms with van der Waals surface area (Å²) in [5.74, 6) is -0.923. The highest BCUT2D eigenvalue weighted by Crippen LogP contribution is 2.31. The molecule has 1 aromatic carbocycles. The first kappa shape index (κ1) is 16.9. The molecule has 2 fully saturated rings. The minimum atomic E-state index is -0.421. The molecule has 1 saturated heterocycles. The molecule has 1 unspecified atom stereocenters. The third kappa shape index (κ3) is 3.17. The number of hydrogen-bond donors (Lipinski definition) is 0. The van der Waals surface area contributed by atoms with Gasteiger partial charge in [-0.2, -0.15) is 0 Å². The zero-order valence-corrected chi connectivity index (χ0v) is 14.4. The van der Waals surface area contributed by atoms with Crippen LogP contribution in [-0.2, 0) is 9.59 Å². The van der Waals surface area contributed by atoms with E-state index in [4.69, 9.17) is 0 Å². The Balaban J connectivity index is 1.77. The Morgan fingerprint density at radius 2 is 1.92 bits per heavy atom. The Bertz CT molecular complexity index is 626. The van der Waals surface area contributed by atoms with Crippen molar-refractivity contribution in [2.45, 2.75) is 58.0 Å². The molecule has 2 amide bonds. The van der Waals surface area contributed by atoms with E-state index in [1.165, 1.54) is 11.0 Å². The number of carbonyl (C=O) groups excluding carboxylic acids is 2. The maximum atomic E-state index is 14.0. The molecule has 4 nitrogen and oxygen atoms in total. The van der Waals surface area contributed by atoms with Crippen LogP contribution in [0.5, 0.6) is 0 Å². The lowest BCUT2D eigenvalue weighted by molar-refractivity contribution is -0.140. The van der Waals surface area contributed by atoms with Crippen molar-refractivity contribution in [3.05, 3.63) is 30.1 Å². The maximum Gasteiger partial charge on any atom is 0.228 e. The number of amides is 2. The molecule has 2 aliphatic rings. The van der Waals surface area contributed by atoms with Crippen molar-refractivity contribution in [2.75, 3.05) is 11.4 Å². The molecule has 1 aliphatic heterocycles. The molecule has 0 N–H and O–H groups in total. The second-order valence-corrected chi connectivity index (χ2v) is 7.13. The number of nitrogens with zero attached hydrogens (tertiary/aromatic N) is 2. The topological polar surface area (TPSA) is 40.6 Å². The fraction of sp³-hybridized carbons (Fsp3) is 0.579. The Labute approximate surface area is 142 Å². The summed E-state index contributed by atoms with van der Waals surface area (Å²) in [6.45, 7) is 4.33. The summed E-state index contributed by atoms with van der Waals surface area (Å²) in [7, 11) is 0. The monoisotopic (exact) mass is 332 g/mol. The summed E-state index contributed by atoms with van der Waals surface area (Å²) in [5.41, 5.74) is 0.273. The lowest BCUT2D eigenvalue weighted by atomic mass is 10.0. The van der Waals surface area contributed by atoms with Crippen molar-refractivity contribution < 1.29 is 14.0 Å². The highest BCUT2D eigenvalue weighted by atomic mass is 19.1. The van der Waals surface area contributed by atoms with Crippen LogP contribution in [0.25, 0.3) is 0 Å². The van der Waals surface area contributed by atoms with E-state index >= 15 is 0 Å². The molecule has 0 bridgehead atoms. The van der Waals surface area contributed by atoms with Gasteiger partial charge in [0.25, 0.3) is 0 Å². The summed E-state index contributed by atoms with van der Waals surface area (Å²) >= 11 is 0. The zero-order chi connectivity index (χ0) is 17.3. The van der Waals surface area contributed by atoms with Crippen molar-refractivity contribution >= 4 is 17.5 Å². The van der Waals surface area contributed by atoms with Gasteiger partial charge in [0.1, 0.15) is 5.82 Å². The third-order valence-electron chi connectivity index (χ3n) is 5.15. The van der Waals surface area contributed by atoms with Gasteiger partial charge in [-0.3, -0.25) is 9.59 Å². The van der Waals surface area contributed by atoms with E-state index in [0.29, 0.717) is 0 Å². The molecule has 1 saturated carbocycles. The minimum absolute atomic E-state index is 0.0455. The molecule has 0 aromatic heterocycles. The fourth-order valence-corrected chi connectivity index (χ4v) is 4.03. The van der Waals surface area contributed by atoms with Crippen LogP contribution < -0.4 is 4.90 Å². The summed E-state index contributed by atoms with van der Waals surface area (Å²) < 4.78 is 14.0. The van der Waals surface area contributed by atoms with Gasteiger partial charge >= 0.3 is 0 Å². The molecule has 1 atom stereocenters. The molecule has 1 aliphatic carbocycles. The van der Waals surface area contributed by atoms with E-state index in [1.807, 2.05) is 18.7 Å². The number of benzene rings is 1. The van der Waals surface area contributed by atoms with Crippen LogP contribution >= 0.6 is 0 Å². The Morgan fingerprint density at radius 1 is 1.25 bits per heavy atom. The molecule has 1 aromatic rings. The van der Waals surface area contributed by atoms with Gasteiger partial charge in [0.2, 0.25) is 11.8 Å². The standard InChI is InChI=1S/C19H25FN2O2/c1-13(2)22(15-7-3-4-8-15)19(24)14-11-18(23)21(12-14)17-10-6-5-9-16(17)20/h5-6,9-10,13-15H,3-4,7-8,11-12H2,1-2H3. The van der Waals surface area contributed by atoms with Crippen molar-refractivity contribution in [3.8, 4) is 0 Å². The van der Waals surface area contributed by atoms with Crippen molar-refractivity contribution in [3.63, 3.8) is 0 Å². The number of carbonyl (C=O) groups is 2. The zero-order valence-electron chi connectivity index (χ0n) is 14.4. The van der Waals surface area contributed by atoms with Crippen molar-refractivity contribution in [1.29, 1.82) is 0 Å². The van der Waals surface area contributed by atoms with Gasteiger partial charge in [-0.05, 0) is 38.8 Å². The summed E-state index contributed by atoms with van der Waals surface area (Å²) in [4.78, 5) is 28.8. The van der Waals surface area contributed by atoms with Gasteiger partial charge in [-0.15, -0.1) is 0 Å². The van der Waals surface area contributed by atoms with Crippen LogP contribution in [0.1, 0.15) is 46.0 Å². The quantitative estimate of drug-likeness (QED) is 0.848. The smallest absolute Gasteiger partial charge is 0.228 e. The largest absolute Gasteiger partial charge is 0.337 e. The molecule has 1 heterocycles. The van der Waals surface area contributed by atoms with Crippen LogP contribution in [-0.4, -0.2) is 35.3 Å². The molecule has 0 spiro atoms. The molecule has 3 rings (SSSR count).